The van der Waals surface area contributed by atoms with Crippen LogP contribution in [0.4, 0.5) is 5.82 Å². The van der Waals surface area contributed by atoms with Crippen LogP contribution in [0.25, 0.3) is 11.3 Å². The van der Waals surface area contributed by atoms with Crippen LogP contribution in [-0.4, -0.2) is 14.5 Å². The maximum Gasteiger partial charge on any atom is 0.142 e. The van der Waals surface area contributed by atoms with Crippen LogP contribution in [0.15, 0.2) is 12.3 Å². The molecular weight excluding hydrogens is 262 g/mol. The standard InChI is InChI=1S/C16H21N5/c1-6-16(3,4)14-7-11(12(8-17)15(18)20-14)13-9-19-10(2)21(13)5/h7,9H,6H2,1-5H3,(H2,18,20). The van der Waals surface area contributed by atoms with Crippen LogP contribution in [0.2, 0.25) is 0 Å². The van der Waals surface area contributed by atoms with Crippen LogP contribution >= 0.6 is 0 Å². The number of nitrogens with two attached hydrogens (primary N) is 1. The molecule has 0 saturated heterocycles. The highest BCUT2D eigenvalue weighted by Gasteiger charge is 2.24. The second-order valence-electron chi connectivity index (χ2n) is 5.91. The third-order valence-electron chi connectivity index (χ3n) is 4.23. The van der Waals surface area contributed by atoms with E-state index in [1.165, 1.54) is 0 Å². The minimum atomic E-state index is -0.0928. The van der Waals surface area contributed by atoms with Crippen molar-refractivity contribution in [2.75, 3.05) is 5.73 Å². The van der Waals surface area contributed by atoms with E-state index in [-0.39, 0.29) is 11.2 Å². The summed E-state index contributed by atoms with van der Waals surface area (Å²) in [5, 5.41) is 9.41. The van der Waals surface area contributed by atoms with Crippen molar-refractivity contribution in [2.24, 2.45) is 7.05 Å². The lowest BCUT2D eigenvalue weighted by molar-refractivity contribution is 0.491. The largest absolute Gasteiger partial charge is 0.383 e. The van der Waals surface area contributed by atoms with E-state index in [9.17, 15) is 5.26 Å². The van der Waals surface area contributed by atoms with Crippen LogP contribution < -0.4 is 5.73 Å². The van der Waals surface area contributed by atoms with Gasteiger partial charge in [0.25, 0.3) is 0 Å². The molecule has 0 aromatic carbocycles. The Hall–Kier alpha value is -2.35. The number of nitriles is 1. The van der Waals surface area contributed by atoms with Gasteiger partial charge in [-0.15, -0.1) is 0 Å². The monoisotopic (exact) mass is 283 g/mol. The zero-order valence-corrected chi connectivity index (χ0v) is 13.2. The first kappa shape index (κ1) is 15.0. The lowest BCUT2D eigenvalue weighted by Gasteiger charge is -2.23. The maximum absolute atomic E-state index is 9.41. The van der Waals surface area contributed by atoms with Gasteiger partial charge in [-0.1, -0.05) is 20.8 Å². The molecular formula is C16H21N5. The van der Waals surface area contributed by atoms with Crippen LogP contribution in [0.1, 0.15) is 44.3 Å². The van der Waals surface area contributed by atoms with Gasteiger partial charge in [-0.05, 0) is 19.4 Å². The third-order valence-corrected chi connectivity index (χ3v) is 4.23. The van der Waals surface area contributed by atoms with E-state index < -0.39 is 0 Å². The lowest BCUT2D eigenvalue weighted by Crippen LogP contribution is -2.19. The van der Waals surface area contributed by atoms with Crippen molar-refractivity contribution in [3.63, 3.8) is 0 Å². The molecule has 21 heavy (non-hydrogen) atoms. The third kappa shape index (κ3) is 2.49. The number of nitrogens with zero attached hydrogens (tertiary/aromatic N) is 4. The number of aromatic nitrogens is 3. The molecule has 110 valence electrons. The summed E-state index contributed by atoms with van der Waals surface area (Å²) in [6.07, 6.45) is 2.71. The van der Waals surface area contributed by atoms with Crippen molar-refractivity contribution >= 4 is 5.82 Å². The summed E-state index contributed by atoms with van der Waals surface area (Å²) in [4.78, 5) is 8.74. The number of imidazole rings is 1. The quantitative estimate of drug-likeness (QED) is 0.939. The van der Waals surface area contributed by atoms with Gasteiger partial charge in [0, 0.05) is 23.7 Å². The highest BCUT2D eigenvalue weighted by Crippen LogP contribution is 2.33. The summed E-state index contributed by atoms with van der Waals surface area (Å²) in [6.45, 7) is 8.29. The fourth-order valence-electron chi connectivity index (χ4n) is 2.16. The van der Waals surface area contributed by atoms with E-state index in [4.69, 9.17) is 5.73 Å². The predicted molar refractivity (Wildman–Crippen MR) is 83.6 cm³/mol. The van der Waals surface area contributed by atoms with Crippen molar-refractivity contribution < 1.29 is 0 Å². The Labute approximate surface area is 125 Å². The molecule has 2 rings (SSSR count). The van der Waals surface area contributed by atoms with Crippen LogP contribution in [0, 0.1) is 18.3 Å². The molecule has 5 heteroatoms. The highest BCUT2D eigenvalue weighted by molar-refractivity contribution is 5.74. The van der Waals surface area contributed by atoms with Crippen molar-refractivity contribution in [1.82, 2.24) is 14.5 Å². The zero-order valence-electron chi connectivity index (χ0n) is 13.2. The van der Waals surface area contributed by atoms with Crippen LogP contribution in [0.5, 0.6) is 0 Å². The number of anilines is 1. The smallest absolute Gasteiger partial charge is 0.142 e. The van der Waals surface area contributed by atoms with Crippen LogP contribution in [-0.2, 0) is 12.5 Å². The Bertz CT molecular complexity index is 719. The molecule has 0 bridgehead atoms. The van der Waals surface area contributed by atoms with E-state index in [0.717, 1.165) is 29.2 Å². The fraction of sp³-hybridized carbons (Fsp3) is 0.438. The Morgan fingerprint density at radius 2 is 2.10 bits per heavy atom. The molecule has 2 aromatic heterocycles. The van der Waals surface area contributed by atoms with E-state index >= 15 is 0 Å². The molecule has 0 unspecified atom stereocenters. The van der Waals surface area contributed by atoms with E-state index in [2.05, 4.69) is 36.8 Å². The molecule has 0 amide bonds. The maximum atomic E-state index is 9.41. The molecule has 2 aromatic rings. The molecule has 5 nitrogen and oxygen atoms in total. The zero-order chi connectivity index (χ0) is 15.8. The van der Waals surface area contributed by atoms with Gasteiger partial charge in [0.15, 0.2) is 0 Å². The average Bonchev–Trinajstić information content (AvgIpc) is 2.78. The molecule has 0 spiro atoms. The van der Waals surface area contributed by atoms with Crippen molar-refractivity contribution in [3.05, 3.63) is 29.3 Å². The molecule has 0 aliphatic rings. The SMILES string of the molecule is CCC(C)(C)c1cc(-c2cnc(C)n2C)c(C#N)c(N)n1. The summed E-state index contributed by atoms with van der Waals surface area (Å²) in [7, 11) is 1.93. The highest BCUT2D eigenvalue weighted by atomic mass is 15.1. The minimum Gasteiger partial charge on any atom is -0.383 e. The van der Waals surface area contributed by atoms with Crippen LogP contribution in [0.3, 0.4) is 0 Å². The summed E-state index contributed by atoms with van der Waals surface area (Å²) < 4.78 is 1.96. The average molecular weight is 283 g/mol. The predicted octanol–water partition coefficient (Wildman–Crippen LogP) is 2.93. The lowest BCUT2D eigenvalue weighted by atomic mass is 9.84. The minimum absolute atomic E-state index is 0.0928. The van der Waals surface area contributed by atoms with E-state index in [0.29, 0.717) is 5.56 Å². The number of hydrogen-bond acceptors (Lipinski definition) is 4. The molecule has 2 N–H and O–H groups in total. The van der Waals surface area contributed by atoms with Gasteiger partial charge < -0.3 is 10.3 Å². The first-order chi connectivity index (χ1) is 9.81. The topological polar surface area (TPSA) is 80.5 Å². The normalized spacial score (nSPS) is 11.4. The molecule has 2 heterocycles. The van der Waals surface area contributed by atoms with Gasteiger partial charge >= 0.3 is 0 Å². The van der Waals surface area contributed by atoms with Gasteiger partial charge in [-0.2, -0.15) is 5.26 Å². The Morgan fingerprint density at radius 1 is 1.43 bits per heavy atom. The van der Waals surface area contributed by atoms with Gasteiger partial charge in [0.2, 0.25) is 0 Å². The summed E-state index contributed by atoms with van der Waals surface area (Å²) in [5.41, 5.74) is 8.91. The molecule has 0 radical (unpaired) electrons. The molecule has 0 atom stereocenters. The molecule has 0 aliphatic carbocycles. The number of nitrogen functional groups attached to an aromatic ring is 1. The number of pyridine rings is 1. The number of hydrogen-bond donors (Lipinski definition) is 1. The van der Waals surface area contributed by atoms with Gasteiger partial charge in [-0.25, -0.2) is 9.97 Å². The second kappa shape index (κ2) is 5.21. The first-order valence-electron chi connectivity index (χ1n) is 7.01. The Balaban J connectivity index is 2.75. The van der Waals surface area contributed by atoms with Gasteiger partial charge in [0.1, 0.15) is 23.3 Å². The van der Waals surface area contributed by atoms with E-state index in [1.54, 1.807) is 6.20 Å². The molecule has 0 saturated carbocycles. The summed E-state index contributed by atoms with van der Waals surface area (Å²) >= 11 is 0. The van der Waals surface area contributed by atoms with Crippen molar-refractivity contribution in [3.8, 4) is 17.3 Å². The summed E-state index contributed by atoms with van der Waals surface area (Å²) in [6, 6.07) is 4.13. The summed E-state index contributed by atoms with van der Waals surface area (Å²) in [5.74, 6) is 1.17. The second-order valence-corrected chi connectivity index (χ2v) is 5.91. The Kier molecular flexibility index (Phi) is 3.73. The number of rotatable bonds is 3. The molecule has 0 aliphatic heterocycles. The van der Waals surface area contributed by atoms with Crippen molar-refractivity contribution in [2.45, 2.75) is 39.5 Å². The van der Waals surface area contributed by atoms with Gasteiger partial charge in [0.05, 0.1) is 11.9 Å². The number of aryl methyl sites for hydroxylation is 1. The Morgan fingerprint density at radius 3 is 2.57 bits per heavy atom. The van der Waals surface area contributed by atoms with Gasteiger partial charge in [-0.3, -0.25) is 0 Å². The molecule has 0 fully saturated rings. The van der Waals surface area contributed by atoms with E-state index in [1.807, 2.05) is 24.6 Å². The fourth-order valence-corrected chi connectivity index (χ4v) is 2.16. The first-order valence-corrected chi connectivity index (χ1v) is 7.01. The van der Waals surface area contributed by atoms with Crippen molar-refractivity contribution in [1.29, 1.82) is 5.26 Å².